The van der Waals surface area contributed by atoms with E-state index in [1.807, 2.05) is 24.3 Å². The smallest absolute Gasteiger partial charge is 0.207 e. The van der Waals surface area contributed by atoms with Gasteiger partial charge < -0.3 is 18.6 Å². The second-order valence-corrected chi connectivity index (χ2v) is 6.45. The number of hydrogen-bond donors (Lipinski definition) is 1. The van der Waals surface area contributed by atoms with Gasteiger partial charge in [0.2, 0.25) is 5.43 Å². The number of aromatic nitrogens is 2. The summed E-state index contributed by atoms with van der Waals surface area (Å²) in [6.07, 6.45) is 5.25. The van der Waals surface area contributed by atoms with E-state index in [2.05, 4.69) is 16.5 Å². The Hall–Kier alpha value is -3.80. The second kappa shape index (κ2) is 6.13. The van der Waals surface area contributed by atoms with Gasteiger partial charge in [0.05, 0.1) is 29.8 Å². The molecule has 138 valence electrons. The van der Waals surface area contributed by atoms with Crippen molar-refractivity contribution in [1.29, 1.82) is 0 Å². The van der Waals surface area contributed by atoms with Gasteiger partial charge >= 0.3 is 0 Å². The van der Waals surface area contributed by atoms with Gasteiger partial charge in [0.15, 0.2) is 0 Å². The van der Waals surface area contributed by atoms with Crippen molar-refractivity contribution in [3.05, 3.63) is 71.3 Å². The molecule has 0 amide bonds. The van der Waals surface area contributed by atoms with Gasteiger partial charge in [-0.25, -0.2) is 4.98 Å². The van der Waals surface area contributed by atoms with E-state index in [9.17, 15) is 4.79 Å². The van der Waals surface area contributed by atoms with E-state index in [4.69, 9.17) is 13.6 Å². The molecule has 2 aromatic carbocycles. The highest BCUT2D eigenvalue weighted by Gasteiger charge is 2.23. The lowest BCUT2D eigenvalue weighted by molar-refractivity contribution is 0.423. The number of H-pyrrole nitrogens is 1. The molecule has 28 heavy (non-hydrogen) atoms. The topological polar surface area (TPSA) is 81.3 Å². The summed E-state index contributed by atoms with van der Waals surface area (Å²) in [5.74, 6) is 0.884. The third-order valence-corrected chi connectivity index (χ3v) is 4.88. The van der Waals surface area contributed by atoms with Crippen LogP contribution in [0.3, 0.4) is 0 Å². The number of fused-ring (bicyclic) bond motifs is 3. The number of furan rings is 1. The van der Waals surface area contributed by atoms with Crippen molar-refractivity contribution in [2.24, 2.45) is 0 Å². The zero-order valence-electron chi connectivity index (χ0n) is 15.1. The van der Waals surface area contributed by atoms with Gasteiger partial charge in [-0.2, -0.15) is 0 Å². The van der Waals surface area contributed by atoms with Crippen molar-refractivity contribution in [2.45, 2.75) is 6.42 Å². The lowest BCUT2D eigenvalue weighted by Gasteiger charge is -2.10. The molecule has 0 saturated carbocycles. The van der Waals surface area contributed by atoms with Gasteiger partial charge in [-0.3, -0.25) is 4.79 Å². The Morgan fingerprint density at radius 2 is 2.07 bits per heavy atom. The molecule has 0 aliphatic carbocycles. The van der Waals surface area contributed by atoms with Crippen LogP contribution in [-0.2, 0) is 6.42 Å². The predicted octanol–water partition coefficient (Wildman–Crippen LogP) is 4.82. The fourth-order valence-electron chi connectivity index (χ4n) is 3.64. The highest BCUT2D eigenvalue weighted by atomic mass is 16.5. The zero-order chi connectivity index (χ0) is 19.3. The van der Waals surface area contributed by atoms with Crippen LogP contribution in [0.1, 0.15) is 5.56 Å². The fourth-order valence-corrected chi connectivity index (χ4v) is 3.64. The Morgan fingerprint density at radius 1 is 1.21 bits per heavy atom. The maximum atomic E-state index is 13.5. The van der Waals surface area contributed by atoms with E-state index in [1.54, 1.807) is 18.4 Å². The summed E-state index contributed by atoms with van der Waals surface area (Å²) in [4.78, 5) is 21.2. The monoisotopic (exact) mass is 372 g/mol. The number of imidazole rings is 1. The van der Waals surface area contributed by atoms with Crippen LogP contribution >= 0.6 is 0 Å². The minimum atomic E-state index is -0.217. The van der Waals surface area contributed by atoms with Gasteiger partial charge in [0.25, 0.3) is 0 Å². The third-order valence-electron chi connectivity index (χ3n) is 4.88. The summed E-state index contributed by atoms with van der Waals surface area (Å²) >= 11 is 0. The molecule has 0 spiro atoms. The molecule has 0 saturated heterocycles. The number of allylic oxidation sites excluding steroid dienone is 1. The fraction of sp³-hybridized carbons (Fsp3) is 0.0909. The first kappa shape index (κ1) is 16.4. The van der Waals surface area contributed by atoms with E-state index in [1.165, 1.54) is 13.4 Å². The van der Waals surface area contributed by atoms with E-state index in [0.29, 0.717) is 40.1 Å². The van der Waals surface area contributed by atoms with Crippen molar-refractivity contribution in [3.8, 4) is 17.1 Å². The first-order valence-electron chi connectivity index (χ1n) is 8.80. The van der Waals surface area contributed by atoms with Crippen LogP contribution in [0.15, 0.2) is 69.1 Å². The van der Waals surface area contributed by atoms with Crippen LogP contribution in [0, 0.1) is 0 Å². The summed E-state index contributed by atoms with van der Waals surface area (Å²) in [6.45, 7) is 3.80. The third kappa shape index (κ3) is 2.21. The number of nitrogens with zero attached hydrogens (tertiary/aromatic N) is 1. The summed E-state index contributed by atoms with van der Waals surface area (Å²) in [5.41, 5.74) is 3.58. The molecule has 0 aliphatic heterocycles. The first-order valence-corrected chi connectivity index (χ1v) is 8.80. The quantitative estimate of drug-likeness (QED) is 0.458. The Bertz CT molecular complexity index is 1390. The molecule has 5 aromatic rings. The van der Waals surface area contributed by atoms with Crippen molar-refractivity contribution < 1.29 is 13.6 Å². The molecule has 0 fully saturated rings. The Kier molecular flexibility index (Phi) is 3.58. The summed E-state index contributed by atoms with van der Waals surface area (Å²) < 4.78 is 17.2. The molecule has 0 atom stereocenters. The Balaban J connectivity index is 1.89. The molecule has 5 rings (SSSR count). The van der Waals surface area contributed by atoms with Crippen LogP contribution in [0.5, 0.6) is 5.75 Å². The van der Waals surface area contributed by atoms with Gasteiger partial charge in [-0.1, -0.05) is 18.2 Å². The second-order valence-electron chi connectivity index (χ2n) is 6.45. The first-order chi connectivity index (χ1) is 13.7. The summed E-state index contributed by atoms with van der Waals surface area (Å²) in [6, 6.07) is 9.39. The van der Waals surface area contributed by atoms with Crippen molar-refractivity contribution in [2.75, 3.05) is 7.11 Å². The molecule has 6 heteroatoms. The van der Waals surface area contributed by atoms with Gasteiger partial charge in [-0.05, 0) is 24.6 Å². The number of rotatable bonds is 4. The van der Waals surface area contributed by atoms with Gasteiger partial charge in [0, 0.05) is 5.56 Å². The average molecular weight is 372 g/mol. The number of para-hydroxylation sites is 2. The van der Waals surface area contributed by atoms with Crippen LogP contribution < -0.4 is 10.2 Å². The van der Waals surface area contributed by atoms with Crippen LogP contribution in [0.2, 0.25) is 0 Å². The van der Waals surface area contributed by atoms with E-state index in [-0.39, 0.29) is 5.43 Å². The molecular formula is C22H16N2O4. The largest absolute Gasteiger partial charge is 0.495 e. The zero-order valence-corrected chi connectivity index (χ0v) is 15.1. The van der Waals surface area contributed by atoms with Crippen LogP contribution in [-0.4, -0.2) is 17.1 Å². The molecule has 6 nitrogen and oxygen atoms in total. The summed E-state index contributed by atoms with van der Waals surface area (Å²) in [7, 11) is 1.53. The van der Waals surface area contributed by atoms with Crippen molar-refractivity contribution >= 4 is 33.0 Å². The Morgan fingerprint density at radius 3 is 2.86 bits per heavy atom. The normalized spacial score (nSPS) is 11.5. The molecule has 0 aliphatic rings. The van der Waals surface area contributed by atoms with E-state index < -0.39 is 0 Å². The molecule has 1 N–H and O–H groups in total. The van der Waals surface area contributed by atoms with E-state index >= 15 is 0 Å². The number of methoxy groups -OCH3 is 1. The molecular weight excluding hydrogens is 356 g/mol. The molecule has 0 radical (unpaired) electrons. The molecule has 3 heterocycles. The van der Waals surface area contributed by atoms with Crippen LogP contribution in [0.4, 0.5) is 0 Å². The minimum Gasteiger partial charge on any atom is -0.495 e. The average Bonchev–Trinajstić information content (AvgIpc) is 3.35. The lowest BCUT2D eigenvalue weighted by Crippen LogP contribution is -2.08. The molecule has 3 aromatic heterocycles. The van der Waals surface area contributed by atoms with Crippen molar-refractivity contribution in [3.63, 3.8) is 0 Å². The number of benzene rings is 2. The number of nitrogens with one attached hydrogen (secondary N) is 1. The molecule has 0 bridgehead atoms. The predicted molar refractivity (Wildman–Crippen MR) is 108 cm³/mol. The summed E-state index contributed by atoms with van der Waals surface area (Å²) in [5, 5.41) is 1.09. The van der Waals surface area contributed by atoms with Crippen molar-refractivity contribution in [1.82, 2.24) is 9.97 Å². The lowest BCUT2D eigenvalue weighted by atomic mass is 10.0. The van der Waals surface area contributed by atoms with Gasteiger partial charge in [-0.15, -0.1) is 6.58 Å². The highest BCUT2D eigenvalue weighted by molar-refractivity contribution is 6.05. The maximum Gasteiger partial charge on any atom is 0.207 e. The Labute approximate surface area is 159 Å². The SMILES string of the molecule is C=CCc1c2occc2c(OC)c2c(=O)c(-c3nc4ccccc4[nH]3)coc12. The number of hydrogen-bond acceptors (Lipinski definition) is 5. The molecule has 0 unspecified atom stereocenters. The maximum absolute atomic E-state index is 13.5. The number of ether oxygens (including phenoxy) is 1. The standard InChI is InChI=1S/C22H16N2O4/c1-3-6-12-19-13(9-10-27-19)20(26-2)17-18(25)14(11-28-21(12)17)22-23-15-7-4-5-8-16(15)24-22/h3-5,7-11H,1,6H2,2H3,(H,23,24). The van der Waals surface area contributed by atoms with E-state index in [0.717, 1.165) is 22.0 Å². The van der Waals surface area contributed by atoms with Crippen LogP contribution in [0.25, 0.3) is 44.4 Å². The number of aromatic amines is 1. The highest BCUT2D eigenvalue weighted by Crippen LogP contribution is 2.38. The van der Waals surface area contributed by atoms with Gasteiger partial charge in [0.1, 0.15) is 40.0 Å². The minimum absolute atomic E-state index is 0.217.